The Kier molecular flexibility index (Phi) is 8.87. The number of carbonyl (C=O) groups excluding carboxylic acids is 3. The average Bonchev–Trinajstić information content (AvgIpc) is 2.35. The number of unbranched alkanes of at least 4 members (excludes halogenated alkanes) is 4. The number of hydrogen-bond acceptors (Lipinski definition) is 3. The van der Waals surface area contributed by atoms with E-state index in [2.05, 4.69) is 17.6 Å². The highest BCUT2D eigenvalue weighted by Crippen LogP contribution is 2.14. The molecule has 0 aromatic heterocycles. The quantitative estimate of drug-likeness (QED) is 0.535. The summed E-state index contributed by atoms with van der Waals surface area (Å²) in [5.74, 6) is -1.25. The lowest BCUT2D eigenvalue weighted by molar-refractivity contribution is -0.136. The lowest BCUT2D eigenvalue weighted by Crippen LogP contribution is -2.61. The van der Waals surface area contributed by atoms with Crippen molar-refractivity contribution >= 4 is 17.7 Å². The highest BCUT2D eigenvalue weighted by molar-refractivity contribution is 5.95. The second-order valence-electron chi connectivity index (χ2n) is 7.39. The molecular formula is C17H33N3O3. The fourth-order valence-corrected chi connectivity index (χ4v) is 2.27. The van der Waals surface area contributed by atoms with E-state index >= 15 is 0 Å². The first-order valence-electron chi connectivity index (χ1n) is 8.42. The van der Waals surface area contributed by atoms with E-state index in [4.69, 9.17) is 5.73 Å². The first-order chi connectivity index (χ1) is 10.5. The molecule has 0 spiro atoms. The number of carbonyl (C=O) groups is 3. The van der Waals surface area contributed by atoms with Crippen molar-refractivity contribution in [2.45, 2.75) is 90.6 Å². The summed E-state index contributed by atoms with van der Waals surface area (Å²) >= 11 is 0. The van der Waals surface area contributed by atoms with Crippen LogP contribution in [0.15, 0.2) is 0 Å². The van der Waals surface area contributed by atoms with Crippen LogP contribution < -0.4 is 16.4 Å². The Morgan fingerprint density at radius 2 is 1.48 bits per heavy atom. The van der Waals surface area contributed by atoms with Crippen LogP contribution in [-0.2, 0) is 14.4 Å². The Labute approximate surface area is 140 Å². The standard InChI is InChI=1S/C17H33N3O3/c1-6-7-8-9-10-11-14(22)19-17(5,12-13(18)21)15(23)20-16(2,3)4/h6-12H2,1-5H3,(H2,18,21)(H,19,22)(H,20,23)/t17-/m1/s1. The highest BCUT2D eigenvalue weighted by Gasteiger charge is 2.38. The molecule has 4 N–H and O–H groups in total. The van der Waals surface area contributed by atoms with Crippen molar-refractivity contribution in [1.82, 2.24) is 10.6 Å². The van der Waals surface area contributed by atoms with Crippen molar-refractivity contribution in [3.05, 3.63) is 0 Å². The van der Waals surface area contributed by atoms with Crippen molar-refractivity contribution in [2.24, 2.45) is 5.73 Å². The van der Waals surface area contributed by atoms with Gasteiger partial charge in [0, 0.05) is 12.0 Å². The van der Waals surface area contributed by atoms with E-state index in [1.165, 1.54) is 6.92 Å². The number of hydrogen-bond donors (Lipinski definition) is 3. The Morgan fingerprint density at radius 1 is 0.913 bits per heavy atom. The van der Waals surface area contributed by atoms with Crippen molar-refractivity contribution in [2.75, 3.05) is 0 Å². The molecule has 0 aromatic carbocycles. The Balaban J connectivity index is 4.67. The molecule has 0 rings (SSSR count). The van der Waals surface area contributed by atoms with Gasteiger partial charge in [0.2, 0.25) is 17.7 Å². The fourth-order valence-electron chi connectivity index (χ4n) is 2.27. The molecule has 0 saturated carbocycles. The fraction of sp³-hybridized carbons (Fsp3) is 0.824. The van der Waals surface area contributed by atoms with Gasteiger partial charge in [-0.15, -0.1) is 0 Å². The van der Waals surface area contributed by atoms with E-state index in [0.717, 1.165) is 32.1 Å². The van der Waals surface area contributed by atoms with Crippen molar-refractivity contribution in [3.8, 4) is 0 Å². The number of nitrogens with one attached hydrogen (secondary N) is 2. The molecule has 6 nitrogen and oxygen atoms in total. The van der Waals surface area contributed by atoms with Crippen molar-refractivity contribution < 1.29 is 14.4 Å². The van der Waals surface area contributed by atoms with Gasteiger partial charge in [0.05, 0.1) is 6.42 Å². The van der Waals surface area contributed by atoms with E-state index in [0.29, 0.717) is 6.42 Å². The average molecular weight is 327 g/mol. The van der Waals surface area contributed by atoms with E-state index in [1.807, 2.05) is 20.8 Å². The molecule has 1 atom stereocenters. The zero-order chi connectivity index (χ0) is 18.1. The second kappa shape index (κ2) is 9.53. The monoisotopic (exact) mass is 327 g/mol. The van der Waals surface area contributed by atoms with Gasteiger partial charge in [-0.1, -0.05) is 32.6 Å². The van der Waals surface area contributed by atoms with Crippen LogP contribution in [0.25, 0.3) is 0 Å². The van der Waals surface area contributed by atoms with Crippen LogP contribution in [0.5, 0.6) is 0 Å². The summed E-state index contributed by atoms with van der Waals surface area (Å²) in [5, 5.41) is 5.48. The minimum atomic E-state index is -1.32. The highest BCUT2D eigenvalue weighted by atomic mass is 16.2. The third-order valence-corrected chi connectivity index (χ3v) is 3.44. The van der Waals surface area contributed by atoms with Crippen LogP contribution in [-0.4, -0.2) is 28.8 Å². The van der Waals surface area contributed by atoms with Gasteiger partial charge in [-0.2, -0.15) is 0 Å². The van der Waals surface area contributed by atoms with Gasteiger partial charge in [-0.3, -0.25) is 14.4 Å². The maximum Gasteiger partial charge on any atom is 0.246 e. The number of nitrogens with two attached hydrogens (primary N) is 1. The molecular weight excluding hydrogens is 294 g/mol. The third kappa shape index (κ3) is 9.92. The predicted molar refractivity (Wildman–Crippen MR) is 91.6 cm³/mol. The predicted octanol–water partition coefficient (Wildman–Crippen LogP) is 2.01. The van der Waals surface area contributed by atoms with Crippen molar-refractivity contribution in [3.63, 3.8) is 0 Å². The zero-order valence-corrected chi connectivity index (χ0v) is 15.3. The third-order valence-electron chi connectivity index (χ3n) is 3.44. The summed E-state index contributed by atoms with van der Waals surface area (Å²) < 4.78 is 0. The van der Waals surface area contributed by atoms with Crippen LogP contribution in [0.4, 0.5) is 0 Å². The zero-order valence-electron chi connectivity index (χ0n) is 15.3. The Hall–Kier alpha value is -1.59. The molecule has 0 bridgehead atoms. The summed E-state index contributed by atoms with van der Waals surface area (Å²) in [7, 11) is 0. The minimum Gasteiger partial charge on any atom is -0.370 e. The van der Waals surface area contributed by atoms with Crippen LogP contribution >= 0.6 is 0 Å². The van der Waals surface area contributed by atoms with Gasteiger partial charge in [-0.25, -0.2) is 0 Å². The van der Waals surface area contributed by atoms with Gasteiger partial charge >= 0.3 is 0 Å². The van der Waals surface area contributed by atoms with Gasteiger partial charge in [0.15, 0.2) is 0 Å². The largest absolute Gasteiger partial charge is 0.370 e. The molecule has 0 fully saturated rings. The Bertz CT molecular complexity index is 416. The molecule has 23 heavy (non-hydrogen) atoms. The summed E-state index contributed by atoms with van der Waals surface area (Å²) in [6, 6.07) is 0. The molecule has 0 aliphatic rings. The normalized spacial score (nSPS) is 14.0. The van der Waals surface area contributed by atoms with Crippen LogP contribution in [0.3, 0.4) is 0 Å². The lowest BCUT2D eigenvalue weighted by atomic mass is 9.93. The molecule has 6 heteroatoms. The number of primary amides is 1. The summed E-state index contributed by atoms with van der Waals surface area (Å²) in [6.07, 6.45) is 5.30. The maximum atomic E-state index is 12.4. The summed E-state index contributed by atoms with van der Waals surface area (Å²) in [6.45, 7) is 9.19. The van der Waals surface area contributed by atoms with E-state index in [9.17, 15) is 14.4 Å². The lowest BCUT2D eigenvalue weighted by Gasteiger charge is -2.32. The van der Waals surface area contributed by atoms with Crippen LogP contribution in [0.2, 0.25) is 0 Å². The molecule has 0 aromatic rings. The van der Waals surface area contributed by atoms with E-state index < -0.39 is 22.9 Å². The molecule has 0 aliphatic carbocycles. The molecule has 0 saturated heterocycles. The molecule has 0 heterocycles. The second-order valence-corrected chi connectivity index (χ2v) is 7.39. The van der Waals surface area contributed by atoms with Gasteiger partial charge in [-0.05, 0) is 34.1 Å². The van der Waals surface area contributed by atoms with Gasteiger partial charge in [0.1, 0.15) is 5.54 Å². The summed E-state index contributed by atoms with van der Waals surface area (Å²) in [4.78, 5) is 35.8. The number of rotatable bonds is 10. The molecule has 0 unspecified atom stereocenters. The van der Waals surface area contributed by atoms with Crippen LogP contribution in [0.1, 0.15) is 79.6 Å². The Morgan fingerprint density at radius 3 is 1.96 bits per heavy atom. The maximum absolute atomic E-state index is 12.4. The van der Waals surface area contributed by atoms with Gasteiger partial charge in [0.25, 0.3) is 0 Å². The minimum absolute atomic E-state index is 0.226. The first kappa shape index (κ1) is 21.4. The SMILES string of the molecule is CCCCCCCC(=O)N[C@](C)(CC(N)=O)C(=O)NC(C)(C)C. The molecule has 134 valence electrons. The summed E-state index contributed by atoms with van der Waals surface area (Å²) in [5.41, 5.74) is 3.46. The van der Waals surface area contributed by atoms with Gasteiger partial charge < -0.3 is 16.4 Å². The first-order valence-corrected chi connectivity index (χ1v) is 8.42. The molecule has 3 amide bonds. The molecule has 0 radical (unpaired) electrons. The van der Waals surface area contributed by atoms with E-state index in [1.54, 1.807) is 0 Å². The number of amides is 3. The smallest absolute Gasteiger partial charge is 0.246 e. The van der Waals surface area contributed by atoms with E-state index in [-0.39, 0.29) is 12.3 Å². The molecule has 0 aliphatic heterocycles. The van der Waals surface area contributed by atoms with Crippen LogP contribution in [0, 0.1) is 0 Å². The van der Waals surface area contributed by atoms with Crippen molar-refractivity contribution in [1.29, 1.82) is 0 Å². The topological polar surface area (TPSA) is 101 Å².